The van der Waals surface area contributed by atoms with E-state index in [0.29, 0.717) is 0 Å². The van der Waals surface area contributed by atoms with Crippen LogP contribution in [0, 0.1) is 10.1 Å². The minimum atomic E-state index is -4.52. The third-order valence-corrected chi connectivity index (χ3v) is 3.12. The van der Waals surface area contributed by atoms with E-state index in [-0.39, 0.29) is 29.2 Å². The number of nitro benzene ring substituents is 1. The average molecular weight is 354 g/mol. The number of anilines is 2. The maximum absolute atomic E-state index is 12.8. The smallest absolute Gasteiger partial charge is 0.416 e. The van der Waals surface area contributed by atoms with Gasteiger partial charge in [-0.25, -0.2) is 4.79 Å². The summed E-state index contributed by atoms with van der Waals surface area (Å²) in [6.45, 7) is 1.66. The summed E-state index contributed by atoms with van der Waals surface area (Å²) in [7, 11) is 0. The van der Waals surface area contributed by atoms with Crippen LogP contribution in [-0.2, 0) is 10.9 Å². The molecular formula is C16H13F3N2O4. The summed E-state index contributed by atoms with van der Waals surface area (Å²) in [5.74, 6) is -0.765. The molecule has 1 N–H and O–H groups in total. The van der Waals surface area contributed by atoms with Crippen molar-refractivity contribution in [1.29, 1.82) is 0 Å². The zero-order chi connectivity index (χ0) is 18.6. The summed E-state index contributed by atoms with van der Waals surface area (Å²) in [4.78, 5) is 22.1. The van der Waals surface area contributed by atoms with E-state index < -0.39 is 22.6 Å². The van der Waals surface area contributed by atoms with Crippen molar-refractivity contribution in [2.45, 2.75) is 13.1 Å². The van der Waals surface area contributed by atoms with Gasteiger partial charge >= 0.3 is 12.1 Å². The third-order valence-electron chi connectivity index (χ3n) is 3.12. The van der Waals surface area contributed by atoms with Gasteiger partial charge in [0.05, 0.1) is 22.7 Å². The van der Waals surface area contributed by atoms with Gasteiger partial charge in [0.15, 0.2) is 0 Å². The largest absolute Gasteiger partial charge is 0.462 e. The Morgan fingerprint density at radius 3 is 2.52 bits per heavy atom. The van der Waals surface area contributed by atoms with Crippen molar-refractivity contribution in [2.75, 3.05) is 11.9 Å². The molecule has 0 radical (unpaired) electrons. The highest BCUT2D eigenvalue weighted by Gasteiger charge is 2.30. The molecule has 0 bridgehead atoms. The van der Waals surface area contributed by atoms with Crippen molar-refractivity contribution in [2.24, 2.45) is 0 Å². The number of carbonyl (C=O) groups excluding carboxylic acids is 1. The van der Waals surface area contributed by atoms with Crippen LogP contribution >= 0.6 is 0 Å². The van der Waals surface area contributed by atoms with Crippen LogP contribution in [0.5, 0.6) is 0 Å². The summed E-state index contributed by atoms with van der Waals surface area (Å²) in [5, 5.41) is 13.6. The van der Waals surface area contributed by atoms with Crippen molar-refractivity contribution < 1.29 is 27.6 Å². The van der Waals surface area contributed by atoms with Crippen molar-refractivity contribution in [1.82, 2.24) is 0 Å². The topological polar surface area (TPSA) is 81.5 Å². The second kappa shape index (κ2) is 7.20. The van der Waals surface area contributed by atoms with Gasteiger partial charge in [0, 0.05) is 23.5 Å². The van der Waals surface area contributed by atoms with Crippen LogP contribution in [0.2, 0.25) is 0 Å². The number of nitrogens with one attached hydrogen (secondary N) is 1. The predicted octanol–water partition coefficient (Wildman–Crippen LogP) is 4.53. The summed E-state index contributed by atoms with van der Waals surface area (Å²) < 4.78 is 43.1. The first-order valence-electron chi connectivity index (χ1n) is 7.11. The van der Waals surface area contributed by atoms with Crippen molar-refractivity contribution in [3.63, 3.8) is 0 Å². The lowest BCUT2D eigenvalue weighted by Crippen LogP contribution is -2.07. The lowest BCUT2D eigenvalue weighted by atomic mass is 10.1. The van der Waals surface area contributed by atoms with E-state index in [9.17, 15) is 28.1 Å². The highest BCUT2D eigenvalue weighted by molar-refractivity contribution is 5.92. The van der Waals surface area contributed by atoms with E-state index in [2.05, 4.69) is 5.32 Å². The van der Waals surface area contributed by atoms with E-state index in [4.69, 9.17) is 4.74 Å². The summed E-state index contributed by atoms with van der Waals surface area (Å²) in [5.41, 5.74) is -1.17. The maximum Gasteiger partial charge on any atom is 0.416 e. The molecule has 2 aromatic carbocycles. The van der Waals surface area contributed by atoms with Crippen LogP contribution < -0.4 is 5.32 Å². The average Bonchev–Trinajstić information content (AvgIpc) is 2.54. The van der Waals surface area contributed by atoms with Gasteiger partial charge in [-0.2, -0.15) is 13.2 Å². The van der Waals surface area contributed by atoms with Crippen LogP contribution in [0.1, 0.15) is 22.8 Å². The first kappa shape index (κ1) is 18.2. The molecule has 0 saturated carbocycles. The standard InChI is InChI=1S/C16H13F3N2O4/c1-2-25-15(22)10-6-13(9-14(7-10)21(23)24)20-12-5-3-4-11(8-12)16(17,18)19/h3-9,20H,2H2,1H3. The highest BCUT2D eigenvalue weighted by atomic mass is 19.4. The van der Waals surface area contributed by atoms with Crippen LogP contribution in [-0.4, -0.2) is 17.5 Å². The highest BCUT2D eigenvalue weighted by Crippen LogP contribution is 2.32. The Kier molecular flexibility index (Phi) is 5.26. The zero-order valence-electron chi connectivity index (χ0n) is 13.0. The molecule has 9 heteroatoms. The van der Waals surface area contributed by atoms with E-state index in [0.717, 1.165) is 24.3 Å². The number of benzene rings is 2. The number of rotatable bonds is 5. The fraction of sp³-hybridized carbons (Fsp3) is 0.188. The van der Waals surface area contributed by atoms with E-state index in [1.807, 2.05) is 0 Å². The summed E-state index contributed by atoms with van der Waals surface area (Å²) in [6.07, 6.45) is -4.52. The fourth-order valence-corrected chi connectivity index (χ4v) is 2.06. The zero-order valence-corrected chi connectivity index (χ0v) is 13.0. The molecule has 0 amide bonds. The van der Waals surface area contributed by atoms with Crippen LogP contribution in [0.15, 0.2) is 42.5 Å². The van der Waals surface area contributed by atoms with Gasteiger partial charge in [-0.3, -0.25) is 10.1 Å². The Hall–Kier alpha value is -3.10. The van der Waals surface area contributed by atoms with Gasteiger partial charge in [-0.1, -0.05) is 6.07 Å². The van der Waals surface area contributed by atoms with Gasteiger partial charge in [-0.15, -0.1) is 0 Å². The molecule has 132 valence electrons. The van der Waals surface area contributed by atoms with Gasteiger partial charge in [0.25, 0.3) is 5.69 Å². The van der Waals surface area contributed by atoms with Crippen LogP contribution in [0.25, 0.3) is 0 Å². The van der Waals surface area contributed by atoms with Crippen molar-refractivity contribution >= 4 is 23.0 Å². The Labute approximate surface area is 140 Å². The van der Waals surface area contributed by atoms with Crippen molar-refractivity contribution in [3.05, 3.63) is 63.7 Å². The molecule has 0 fully saturated rings. The minimum Gasteiger partial charge on any atom is -0.462 e. The van der Waals surface area contributed by atoms with E-state index >= 15 is 0 Å². The number of halogens is 3. The normalized spacial score (nSPS) is 11.0. The summed E-state index contributed by atoms with van der Waals surface area (Å²) >= 11 is 0. The molecule has 2 aromatic rings. The van der Waals surface area contributed by atoms with Gasteiger partial charge in [-0.05, 0) is 31.2 Å². The second-order valence-corrected chi connectivity index (χ2v) is 4.95. The van der Waals surface area contributed by atoms with Gasteiger partial charge in [0.2, 0.25) is 0 Å². The molecule has 0 atom stereocenters. The number of hydrogen-bond donors (Lipinski definition) is 1. The number of carbonyl (C=O) groups is 1. The second-order valence-electron chi connectivity index (χ2n) is 4.95. The summed E-state index contributed by atoms with van der Waals surface area (Å²) in [6, 6.07) is 7.77. The minimum absolute atomic E-state index is 0.0742. The monoisotopic (exact) mass is 354 g/mol. The van der Waals surface area contributed by atoms with Gasteiger partial charge in [0.1, 0.15) is 0 Å². The fourth-order valence-electron chi connectivity index (χ4n) is 2.06. The predicted molar refractivity (Wildman–Crippen MR) is 83.8 cm³/mol. The molecule has 0 unspecified atom stereocenters. The SMILES string of the molecule is CCOC(=O)c1cc(Nc2cccc(C(F)(F)F)c2)cc([N+](=O)[O-])c1. The maximum atomic E-state index is 12.8. The Morgan fingerprint density at radius 2 is 1.92 bits per heavy atom. The molecular weight excluding hydrogens is 341 g/mol. The number of nitrogens with zero attached hydrogens (tertiary/aromatic N) is 1. The Morgan fingerprint density at radius 1 is 1.20 bits per heavy atom. The quantitative estimate of drug-likeness (QED) is 0.484. The molecule has 0 saturated heterocycles. The van der Waals surface area contributed by atoms with E-state index in [1.165, 1.54) is 18.2 Å². The molecule has 2 rings (SSSR count). The number of ether oxygens (including phenoxy) is 1. The molecule has 6 nitrogen and oxygen atoms in total. The van der Waals surface area contributed by atoms with Crippen LogP contribution in [0.4, 0.5) is 30.2 Å². The number of esters is 1. The molecule has 0 aliphatic carbocycles. The number of alkyl halides is 3. The molecule has 25 heavy (non-hydrogen) atoms. The lowest BCUT2D eigenvalue weighted by Gasteiger charge is -2.11. The number of non-ortho nitro benzene ring substituents is 1. The number of hydrogen-bond acceptors (Lipinski definition) is 5. The third kappa shape index (κ3) is 4.69. The molecule has 0 aromatic heterocycles. The Bertz CT molecular complexity index is 806. The molecule has 0 heterocycles. The van der Waals surface area contributed by atoms with E-state index in [1.54, 1.807) is 6.92 Å². The van der Waals surface area contributed by atoms with Gasteiger partial charge < -0.3 is 10.1 Å². The van der Waals surface area contributed by atoms with Crippen molar-refractivity contribution in [3.8, 4) is 0 Å². The molecule has 0 aliphatic heterocycles. The first-order valence-corrected chi connectivity index (χ1v) is 7.11. The first-order chi connectivity index (χ1) is 11.7. The molecule has 0 aliphatic rings. The van der Waals surface area contributed by atoms with Crippen LogP contribution in [0.3, 0.4) is 0 Å². The number of nitro groups is 1. The molecule has 0 spiro atoms. The Balaban J connectivity index is 2.39. The lowest BCUT2D eigenvalue weighted by molar-refractivity contribution is -0.384.